The number of hydrogen-bond acceptors (Lipinski definition) is 6. The lowest BCUT2D eigenvalue weighted by atomic mass is 10.0. The molecule has 9 heteroatoms. The molecule has 0 heterocycles. The fraction of sp³-hybridized carbons (Fsp3) is 0.333. The third kappa shape index (κ3) is 6.21. The second-order valence-electron chi connectivity index (χ2n) is 6.92. The fourth-order valence-corrected chi connectivity index (χ4v) is 3.55. The largest absolute Gasteiger partial charge is 0.497 e. The van der Waals surface area contributed by atoms with Crippen LogP contribution in [0.2, 0.25) is 0 Å². The molecular formula is C21H27N3O5S. The molecule has 0 bridgehead atoms. The second-order valence-corrected chi connectivity index (χ2v) is 8.82. The SMILES string of the molecule is COc1ccc(/C=N\NC(=O)CN(c2ccc(C(C)C)cc2)S(C)(=O)=O)c(OC)c1. The molecule has 0 unspecified atom stereocenters. The maximum Gasteiger partial charge on any atom is 0.260 e. The molecule has 0 spiro atoms. The molecule has 0 saturated carbocycles. The summed E-state index contributed by atoms with van der Waals surface area (Å²) in [5, 5.41) is 3.90. The molecule has 0 aliphatic carbocycles. The number of carbonyl (C=O) groups excluding carboxylic acids is 1. The van der Waals surface area contributed by atoms with Crippen LogP contribution in [0.1, 0.15) is 30.9 Å². The molecule has 0 aromatic heterocycles. The van der Waals surface area contributed by atoms with E-state index in [4.69, 9.17) is 9.47 Å². The van der Waals surface area contributed by atoms with Gasteiger partial charge in [-0.25, -0.2) is 13.8 Å². The van der Waals surface area contributed by atoms with E-state index < -0.39 is 22.5 Å². The first kappa shape index (κ1) is 23.2. The van der Waals surface area contributed by atoms with Gasteiger partial charge in [-0.2, -0.15) is 5.10 Å². The smallest absolute Gasteiger partial charge is 0.260 e. The van der Waals surface area contributed by atoms with Gasteiger partial charge in [0.15, 0.2) is 0 Å². The number of anilines is 1. The fourth-order valence-electron chi connectivity index (χ4n) is 2.69. The lowest BCUT2D eigenvalue weighted by molar-refractivity contribution is -0.119. The predicted molar refractivity (Wildman–Crippen MR) is 118 cm³/mol. The third-order valence-corrected chi connectivity index (χ3v) is 5.51. The van der Waals surface area contributed by atoms with Gasteiger partial charge in [0.25, 0.3) is 5.91 Å². The van der Waals surface area contributed by atoms with Gasteiger partial charge in [0.2, 0.25) is 10.0 Å². The first-order valence-corrected chi connectivity index (χ1v) is 11.1. The van der Waals surface area contributed by atoms with Crippen LogP contribution in [0.5, 0.6) is 11.5 Å². The molecule has 2 aromatic carbocycles. The van der Waals surface area contributed by atoms with Gasteiger partial charge in [0.05, 0.1) is 32.4 Å². The average Bonchev–Trinajstić information content (AvgIpc) is 2.71. The summed E-state index contributed by atoms with van der Waals surface area (Å²) in [4.78, 5) is 12.3. The van der Waals surface area contributed by atoms with Crippen LogP contribution in [-0.4, -0.2) is 47.6 Å². The first-order valence-electron chi connectivity index (χ1n) is 9.27. The van der Waals surface area contributed by atoms with E-state index >= 15 is 0 Å². The van der Waals surface area contributed by atoms with E-state index in [0.29, 0.717) is 28.7 Å². The molecule has 8 nitrogen and oxygen atoms in total. The molecule has 0 atom stereocenters. The van der Waals surface area contributed by atoms with Crippen LogP contribution in [0.4, 0.5) is 5.69 Å². The molecule has 1 N–H and O–H groups in total. The number of nitrogens with zero attached hydrogens (tertiary/aromatic N) is 2. The van der Waals surface area contributed by atoms with E-state index in [2.05, 4.69) is 10.5 Å². The summed E-state index contributed by atoms with van der Waals surface area (Å²) >= 11 is 0. The van der Waals surface area contributed by atoms with Crippen LogP contribution in [0.3, 0.4) is 0 Å². The van der Waals surface area contributed by atoms with E-state index in [1.807, 2.05) is 26.0 Å². The van der Waals surface area contributed by atoms with Crippen LogP contribution in [0.15, 0.2) is 47.6 Å². The summed E-state index contributed by atoms with van der Waals surface area (Å²) in [6.45, 7) is 3.70. The summed E-state index contributed by atoms with van der Waals surface area (Å²) in [6, 6.07) is 12.2. The number of hydrogen-bond donors (Lipinski definition) is 1. The van der Waals surface area contributed by atoms with Crippen molar-refractivity contribution in [3.05, 3.63) is 53.6 Å². The van der Waals surface area contributed by atoms with Gasteiger partial charge >= 0.3 is 0 Å². The Balaban J connectivity index is 2.11. The van der Waals surface area contributed by atoms with Gasteiger partial charge in [-0.3, -0.25) is 9.10 Å². The van der Waals surface area contributed by atoms with Crippen molar-refractivity contribution in [3.8, 4) is 11.5 Å². The van der Waals surface area contributed by atoms with Crippen molar-refractivity contribution in [3.63, 3.8) is 0 Å². The molecule has 0 aliphatic heterocycles. The summed E-state index contributed by atoms with van der Waals surface area (Å²) in [6.07, 6.45) is 2.47. The molecule has 1 amide bonds. The standard InChI is InChI=1S/C21H27N3O5S/c1-15(2)16-6-9-18(10-7-16)24(30(5,26)27)14-21(25)23-22-13-17-8-11-19(28-3)12-20(17)29-4/h6-13,15H,14H2,1-5H3,(H,23,25)/b22-13-. The summed E-state index contributed by atoms with van der Waals surface area (Å²) < 4.78 is 35.8. The van der Waals surface area contributed by atoms with Crippen molar-refractivity contribution in [1.29, 1.82) is 0 Å². The maximum atomic E-state index is 12.3. The Kier molecular flexibility index (Phi) is 7.82. The minimum Gasteiger partial charge on any atom is -0.497 e. The lowest BCUT2D eigenvalue weighted by Gasteiger charge is -2.21. The number of methoxy groups -OCH3 is 2. The van der Waals surface area contributed by atoms with Crippen LogP contribution < -0.4 is 19.2 Å². The Morgan fingerprint density at radius 3 is 2.33 bits per heavy atom. The van der Waals surface area contributed by atoms with Crippen molar-refractivity contribution in [2.75, 3.05) is 31.3 Å². The number of carbonyl (C=O) groups is 1. The van der Waals surface area contributed by atoms with Crippen molar-refractivity contribution in [2.24, 2.45) is 5.10 Å². The molecule has 30 heavy (non-hydrogen) atoms. The van der Waals surface area contributed by atoms with E-state index in [9.17, 15) is 13.2 Å². The lowest BCUT2D eigenvalue weighted by Crippen LogP contribution is -2.39. The predicted octanol–water partition coefficient (Wildman–Crippen LogP) is 2.74. The quantitative estimate of drug-likeness (QED) is 0.484. The summed E-state index contributed by atoms with van der Waals surface area (Å²) in [7, 11) is -0.594. The van der Waals surface area contributed by atoms with Crippen molar-refractivity contribution >= 4 is 27.8 Å². The van der Waals surface area contributed by atoms with Gasteiger partial charge in [-0.1, -0.05) is 26.0 Å². The van der Waals surface area contributed by atoms with Gasteiger partial charge in [0, 0.05) is 11.6 Å². The highest BCUT2D eigenvalue weighted by molar-refractivity contribution is 7.92. The number of hydrazone groups is 1. The molecule has 0 fully saturated rings. The van der Waals surface area contributed by atoms with E-state index in [-0.39, 0.29) is 0 Å². The summed E-state index contributed by atoms with van der Waals surface area (Å²) in [5.41, 5.74) is 4.47. The zero-order valence-corrected chi connectivity index (χ0v) is 18.6. The number of rotatable bonds is 9. The van der Waals surface area contributed by atoms with Gasteiger partial charge in [0.1, 0.15) is 18.0 Å². The second kappa shape index (κ2) is 10.1. The average molecular weight is 434 g/mol. The zero-order valence-electron chi connectivity index (χ0n) is 17.7. The Morgan fingerprint density at radius 2 is 1.80 bits per heavy atom. The monoisotopic (exact) mass is 433 g/mol. The molecular weight excluding hydrogens is 406 g/mol. The highest BCUT2D eigenvalue weighted by atomic mass is 32.2. The minimum absolute atomic E-state index is 0.318. The third-order valence-electron chi connectivity index (χ3n) is 4.37. The van der Waals surface area contributed by atoms with Crippen LogP contribution in [0, 0.1) is 0 Å². The molecule has 0 aliphatic rings. The molecule has 2 aromatic rings. The molecule has 0 radical (unpaired) electrons. The Bertz CT molecular complexity index is 1000. The minimum atomic E-state index is -3.65. The number of sulfonamides is 1. The van der Waals surface area contributed by atoms with Crippen LogP contribution in [-0.2, 0) is 14.8 Å². The number of nitrogens with one attached hydrogen (secondary N) is 1. The van der Waals surface area contributed by atoms with Crippen molar-refractivity contribution < 1.29 is 22.7 Å². The number of amides is 1. The summed E-state index contributed by atoms with van der Waals surface area (Å²) in [5.74, 6) is 0.895. The Labute approximate surface area is 177 Å². The Morgan fingerprint density at radius 1 is 1.13 bits per heavy atom. The molecule has 2 rings (SSSR count). The highest BCUT2D eigenvalue weighted by Gasteiger charge is 2.20. The first-order chi connectivity index (χ1) is 14.2. The molecule has 162 valence electrons. The van der Waals surface area contributed by atoms with Crippen LogP contribution >= 0.6 is 0 Å². The van der Waals surface area contributed by atoms with E-state index in [1.165, 1.54) is 13.3 Å². The molecule has 0 saturated heterocycles. The van der Waals surface area contributed by atoms with E-state index in [1.54, 1.807) is 37.4 Å². The van der Waals surface area contributed by atoms with Gasteiger partial charge in [-0.15, -0.1) is 0 Å². The van der Waals surface area contributed by atoms with E-state index in [0.717, 1.165) is 16.1 Å². The van der Waals surface area contributed by atoms with Gasteiger partial charge < -0.3 is 9.47 Å². The zero-order chi connectivity index (χ0) is 22.3. The van der Waals surface area contributed by atoms with Gasteiger partial charge in [-0.05, 0) is 35.7 Å². The maximum absolute atomic E-state index is 12.3. The number of ether oxygens (including phenoxy) is 2. The highest BCUT2D eigenvalue weighted by Crippen LogP contribution is 2.23. The number of benzene rings is 2. The normalized spacial score (nSPS) is 11.5. The van der Waals surface area contributed by atoms with Crippen molar-refractivity contribution in [1.82, 2.24) is 5.43 Å². The van der Waals surface area contributed by atoms with Crippen molar-refractivity contribution in [2.45, 2.75) is 19.8 Å². The van der Waals surface area contributed by atoms with Crippen LogP contribution in [0.25, 0.3) is 0 Å². The topological polar surface area (TPSA) is 97.3 Å². The Hall–Kier alpha value is -3.07.